The minimum Gasteiger partial charge on any atom is -0.370 e. The molecule has 0 N–H and O–H groups in total. The van der Waals surface area contributed by atoms with Crippen LogP contribution in [0.25, 0.3) is 0 Å². The number of rotatable bonds is 4. The van der Waals surface area contributed by atoms with Gasteiger partial charge in [0.15, 0.2) is 13.5 Å². The van der Waals surface area contributed by atoms with E-state index in [1.807, 2.05) is 0 Å². The van der Waals surface area contributed by atoms with Crippen molar-refractivity contribution in [2.45, 2.75) is 0 Å². The summed E-state index contributed by atoms with van der Waals surface area (Å²) in [6.45, 7) is 5.04. The molecule has 0 unspecified atom stereocenters. The molecule has 0 atom stereocenters. The van der Waals surface area contributed by atoms with Gasteiger partial charge < -0.3 is 14.2 Å². The highest BCUT2D eigenvalue weighted by molar-refractivity contribution is 4.44. The summed E-state index contributed by atoms with van der Waals surface area (Å²) in [5.74, 6) is 0. The van der Waals surface area contributed by atoms with Crippen molar-refractivity contribution >= 4 is 0 Å². The Labute approximate surface area is 73.6 Å². The Kier molecular flexibility index (Phi) is 3.94. The van der Waals surface area contributed by atoms with Crippen LogP contribution >= 0.6 is 0 Å². The van der Waals surface area contributed by atoms with Crippen molar-refractivity contribution < 1.29 is 18.7 Å². The number of quaternary nitrogens is 1. The van der Waals surface area contributed by atoms with Crippen molar-refractivity contribution in [1.82, 2.24) is 0 Å². The molecule has 0 aliphatic carbocycles. The van der Waals surface area contributed by atoms with E-state index in [4.69, 9.17) is 14.2 Å². The lowest BCUT2D eigenvalue weighted by Crippen LogP contribution is -2.56. The summed E-state index contributed by atoms with van der Waals surface area (Å²) in [4.78, 5) is 0. The molecular formula is C8H18NO3+. The topological polar surface area (TPSA) is 27.7 Å². The zero-order valence-electron chi connectivity index (χ0n) is 7.91. The number of nitrogens with zero attached hydrogens (tertiary/aromatic N) is 1. The second-order valence-corrected chi connectivity index (χ2v) is 3.24. The van der Waals surface area contributed by atoms with Gasteiger partial charge in [-0.1, -0.05) is 0 Å². The first-order valence-corrected chi connectivity index (χ1v) is 4.24. The molecule has 0 aromatic rings. The lowest BCUT2D eigenvalue weighted by Gasteiger charge is -2.39. The van der Waals surface area contributed by atoms with Crippen LogP contribution in [-0.2, 0) is 14.2 Å². The Hall–Kier alpha value is -0.160. The van der Waals surface area contributed by atoms with Gasteiger partial charge in [-0.05, 0) is 0 Å². The van der Waals surface area contributed by atoms with E-state index in [9.17, 15) is 0 Å². The molecule has 1 rings (SSSR count). The smallest absolute Gasteiger partial charge is 0.184 e. The average Bonchev–Trinajstić information content (AvgIpc) is 2.07. The maximum absolute atomic E-state index is 5.29. The monoisotopic (exact) mass is 176 g/mol. The van der Waals surface area contributed by atoms with E-state index < -0.39 is 0 Å². The van der Waals surface area contributed by atoms with E-state index in [1.165, 1.54) is 0 Å². The predicted molar refractivity (Wildman–Crippen MR) is 44.6 cm³/mol. The largest absolute Gasteiger partial charge is 0.370 e. The fraction of sp³-hybridized carbons (Fsp3) is 1.00. The molecule has 1 heterocycles. The van der Waals surface area contributed by atoms with Gasteiger partial charge in [0.05, 0.1) is 13.2 Å². The first-order valence-electron chi connectivity index (χ1n) is 4.24. The summed E-state index contributed by atoms with van der Waals surface area (Å²) < 4.78 is 16.5. The van der Waals surface area contributed by atoms with Crippen molar-refractivity contribution in [2.75, 3.05) is 54.0 Å². The summed E-state index contributed by atoms with van der Waals surface area (Å²) in [6, 6.07) is 0. The molecule has 0 bridgehead atoms. The lowest BCUT2D eigenvalue weighted by atomic mass is 10.4. The van der Waals surface area contributed by atoms with Gasteiger partial charge in [0.25, 0.3) is 0 Å². The van der Waals surface area contributed by atoms with Crippen LogP contribution in [0.1, 0.15) is 0 Å². The van der Waals surface area contributed by atoms with E-state index in [0.717, 1.165) is 44.2 Å². The molecule has 4 nitrogen and oxygen atoms in total. The quantitative estimate of drug-likeness (QED) is 0.566. The van der Waals surface area contributed by atoms with E-state index >= 15 is 0 Å². The Morgan fingerprint density at radius 1 is 1.08 bits per heavy atom. The van der Waals surface area contributed by atoms with Gasteiger partial charge in [0.1, 0.15) is 13.1 Å². The second kappa shape index (κ2) is 4.77. The molecule has 0 aromatic heterocycles. The Morgan fingerprint density at radius 2 is 1.58 bits per heavy atom. The van der Waals surface area contributed by atoms with Crippen LogP contribution in [0, 0.1) is 0 Å². The van der Waals surface area contributed by atoms with Gasteiger partial charge in [-0.15, -0.1) is 0 Å². The highest BCUT2D eigenvalue weighted by Gasteiger charge is 2.29. The van der Waals surface area contributed by atoms with Gasteiger partial charge in [-0.2, -0.15) is 0 Å². The lowest BCUT2D eigenvalue weighted by molar-refractivity contribution is -0.967. The molecule has 1 saturated heterocycles. The van der Waals surface area contributed by atoms with Gasteiger partial charge in [-0.25, -0.2) is 0 Å². The van der Waals surface area contributed by atoms with Crippen molar-refractivity contribution in [2.24, 2.45) is 0 Å². The molecule has 0 radical (unpaired) electrons. The molecule has 0 spiro atoms. The third kappa shape index (κ3) is 2.42. The molecule has 12 heavy (non-hydrogen) atoms. The van der Waals surface area contributed by atoms with Crippen LogP contribution in [0.4, 0.5) is 0 Å². The summed E-state index contributed by atoms with van der Waals surface area (Å²) in [5, 5.41) is 0. The molecule has 1 aliphatic heterocycles. The summed E-state index contributed by atoms with van der Waals surface area (Å²) in [6.07, 6.45) is 0. The predicted octanol–water partition coefficient (Wildman–Crippen LogP) is 0.0412. The van der Waals surface area contributed by atoms with Gasteiger partial charge in [0.2, 0.25) is 0 Å². The molecule has 1 aliphatic rings. The maximum Gasteiger partial charge on any atom is 0.184 e. The average molecular weight is 176 g/mol. The molecule has 0 aromatic carbocycles. The first kappa shape index (κ1) is 9.92. The van der Waals surface area contributed by atoms with Crippen molar-refractivity contribution in [3.8, 4) is 0 Å². The van der Waals surface area contributed by atoms with Crippen LogP contribution in [-0.4, -0.2) is 58.5 Å². The molecule has 4 heteroatoms. The summed E-state index contributed by atoms with van der Waals surface area (Å²) in [7, 11) is 3.45. The summed E-state index contributed by atoms with van der Waals surface area (Å²) >= 11 is 0. The molecular weight excluding hydrogens is 158 g/mol. The molecule has 0 amide bonds. The first-order chi connectivity index (χ1) is 5.83. The van der Waals surface area contributed by atoms with E-state index in [1.54, 1.807) is 14.2 Å². The van der Waals surface area contributed by atoms with E-state index in [2.05, 4.69) is 0 Å². The Morgan fingerprint density at radius 3 is 2.00 bits per heavy atom. The highest BCUT2D eigenvalue weighted by Crippen LogP contribution is 2.10. The Bertz CT molecular complexity index is 108. The van der Waals surface area contributed by atoms with Crippen LogP contribution in [0.3, 0.4) is 0 Å². The van der Waals surface area contributed by atoms with Crippen molar-refractivity contribution in [3.05, 3.63) is 0 Å². The normalized spacial score (nSPS) is 22.5. The fourth-order valence-corrected chi connectivity index (χ4v) is 1.57. The van der Waals surface area contributed by atoms with Crippen molar-refractivity contribution in [3.63, 3.8) is 0 Å². The zero-order valence-corrected chi connectivity index (χ0v) is 7.91. The minimum atomic E-state index is 0.719. The third-order valence-electron chi connectivity index (χ3n) is 2.23. The zero-order chi connectivity index (χ0) is 8.86. The third-order valence-corrected chi connectivity index (χ3v) is 2.23. The van der Waals surface area contributed by atoms with Crippen molar-refractivity contribution in [1.29, 1.82) is 0 Å². The van der Waals surface area contributed by atoms with E-state index in [0.29, 0.717) is 0 Å². The molecule has 72 valence electrons. The van der Waals surface area contributed by atoms with Crippen LogP contribution < -0.4 is 0 Å². The minimum absolute atomic E-state index is 0.719. The SMILES string of the molecule is COC[N+]1(COC)CCOCC1. The van der Waals surface area contributed by atoms with Gasteiger partial charge >= 0.3 is 0 Å². The van der Waals surface area contributed by atoms with Crippen LogP contribution in [0.5, 0.6) is 0 Å². The highest BCUT2D eigenvalue weighted by atomic mass is 16.5. The Balaban J connectivity index is 2.44. The van der Waals surface area contributed by atoms with Gasteiger partial charge in [0, 0.05) is 14.2 Å². The number of hydrogen-bond acceptors (Lipinski definition) is 3. The molecule has 0 saturated carbocycles. The van der Waals surface area contributed by atoms with E-state index in [-0.39, 0.29) is 0 Å². The molecule has 1 fully saturated rings. The summed E-state index contributed by atoms with van der Waals surface area (Å²) in [5.41, 5.74) is 0. The fourth-order valence-electron chi connectivity index (χ4n) is 1.57. The van der Waals surface area contributed by atoms with Crippen LogP contribution in [0.15, 0.2) is 0 Å². The van der Waals surface area contributed by atoms with Crippen LogP contribution in [0.2, 0.25) is 0 Å². The number of methoxy groups -OCH3 is 2. The maximum atomic E-state index is 5.29. The second-order valence-electron chi connectivity index (χ2n) is 3.24. The number of morpholine rings is 1. The number of ether oxygens (including phenoxy) is 3. The van der Waals surface area contributed by atoms with Gasteiger partial charge in [-0.3, -0.25) is 4.48 Å². The standard InChI is InChI=1S/C8H18NO3/c1-10-7-9(8-11-2)3-5-12-6-4-9/h3-8H2,1-2H3/q+1. The number of hydrogen-bond donors (Lipinski definition) is 0.